The van der Waals surface area contributed by atoms with E-state index in [0.717, 1.165) is 9.13 Å². The molecule has 0 bridgehead atoms. The third kappa shape index (κ3) is 2.46. The van der Waals surface area contributed by atoms with E-state index in [1.54, 1.807) is 6.92 Å². The van der Waals surface area contributed by atoms with Crippen LogP contribution in [0.1, 0.15) is 12.5 Å². The Morgan fingerprint density at radius 2 is 1.92 bits per heavy atom. The second-order valence-corrected chi connectivity index (χ2v) is 3.90. The number of halogens is 1. The molecule has 0 atom stereocenters. The number of rotatable bonds is 1. The van der Waals surface area contributed by atoms with E-state index in [2.05, 4.69) is 22.6 Å². The molecule has 1 aromatic rings. The fraction of sp³-hybridized carbons (Fsp3) is 0.100. The normalized spacial score (nSPS) is 11.8. The maximum atomic E-state index is 8.63. The highest BCUT2D eigenvalue weighted by molar-refractivity contribution is 14.1. The predicted octanol–water partition coefficient (Wildman–Crippen LogP) is 2.50. The first-order valence-corrected chi connectivity index (χ1v) is 4.85. The number of nitrogens with zero attached hydrogens (tertiary/aromatic N) is 1. The first-order chi connectivity index (χ1) is 6.15. The van der Waals surface area contributed by atoms with Crippen LogP contribution < -0.4 is 5.73 Å². The second-order valence-electron chi connectivity index (χ2n) is 2.66. The van der Waals surface area contributed by atoms with Gasteiger partial charge in [0.2, 0.25) is 0 Å². The highest BCUT2D eigenvalue weighted by atomic mass is 127. The van der Waals surface area contributed by atoms with Crippen molar-refractivity contribution in [1.29, 1.82) is 5.26 Å². The van der Waals surface area contributed by atoms with E-state index in [0.29, 0.717) is 11.3 Å². The van der Waals surface area contributed by atoms with E-state index in [-0.39, 0.29) is 0 Å². The van der Waals surface area contributed by atoms with Crippen molar-refractivity contribution < 1.29 is 0 Å². The summed E-state index contributed by atoms with van der Waals surface area (Å²) in [4.78, 5) is 0. The zero-order valence-corrected chi connectivity index (χ0v) is 9.37. The molecule has 0 spiro atoms. The molecular formula is C10H9IN2. The molecule has 1 rings (SSSR count). The number of nitriles is 1. The van der Waals surface area contributed by atoms with Crippen molar-refractivity contribution in [3.63, 3.8) is 0 Å². The van der Waals surface area contributed by atoms with Crippen LogP contribution in [0.5, 0.6) is 0 Å². The molecule has 0 aromatic heterocycles. The van der Waals surface area contributed by atoms with Crippen LogP contribution in [0.3, 0.4) is 0 Å². The molecule has 3 heteroatoms. The molecule has 0 aliphatic heterocycles. The van der Waals surface area contributed by atoms with Gasteiger partial charge in [0.1, 0.15) is 0 Å². The number of benzene rings is 1. The van der Waals surface area contributed by atoms with Crippen molar-refractivity contribution in [3.8, 4) is 6.07 Å². The first kappa shape index (κ1) is 10.1. The lowest BCUT2D eigenvalue weighted by Crippen LogP contribution is -1.98. The SMILES string of the molecule is C/C(C#N)=C(/N)c1ccc(I)cc1. The fourth-order valence-corrected chi connectivity index (χ4v) is 1.27. The summed E-state index contributed by atoms with van der Waals surface area (Å²) in [5, 5.41) is 8.63. The standard InChI is InChI=1S/C10H9IN2/c1-7(6-12)10(13)8-2-4-9(11)5-3-8/h2-5H,13H2,1H3/b10-7-. The van der Waals surface area contributed by atoms with Gasteiger partial charge in [0, 0.05) is 9.14 Å². The molecule has 0 heterocycles. The van der Waals surface area contributed by atoms with Crippen LogP contribution in [-0.4, -0.2) is 0 Å². The zero-order chi connectivity index (χ0) is 9.84. The quantitative estimate of drug-likeness (QED) is 0.636. The van der Waals surface area contributed by atoms with Gasteiger partial charge in [0.15, 0.2) is 0 Å². The fourth-order valence-electron chi connectivity index (χ4n) is 0.906. The van der Waals surface area contributed by atoms with Crippen molar-refractivity contribution in [2.24, 2.45) is 5.73 Å². The molecule has 0 fully saturated rings. The Kier molecular flexibility index (Phi) is 3.32. The summed E-state index contributed by atoms with van der Waals surface area (Å²) < 4.78 is 1.16. The molecule has 2 N–H and O–H groups in total. The molecule has 0 saturated carbocycles. The lowest BCUT2D eigenvalue weighted by molar-refractivity contribution is 1.39. The van der Waals surface area contributed by atoms with Gasteiger partial charge in [0.25, 0.3) is 0 Å². The Morgan fingerprint density at radius 3 is 2.38 bits per heavy atom. The Balaban J connectivity index is 3.12. The van der Waals surface area contributed by atoms with Crippen LogP contribution in [0.4, 0.5) is 0 Å². The lowest BCUT2D eigenvalue weighted by Gasteiger charge is -2.01. The van der Waals surface area contributed by atoms with Crippen LogP contribution in [0, 0.1) is 14.9 Å². The average molecular weight is 284 g/mol. The van der Waals surface area contributed by atoms with Gasteiger partial charge in [-0.3, -0.25) is 0 Å². The van der Waals surface area contributed by atoms with Gasteiger partial charge in [-0.2, -0.15) is 5.26 Å². The van der Waals surface area contributed by atoms with E-state index in [1.165, 1.54) is 0 Å². The zero-order valence-electron chi connectivity index (χ0n) is 7.21. The minimum absolute atomic E-state index is 0.555. The summed E-state index contributed by atoms with van der Waals surface area (Å²) in [6, 6.07) is 9.79. The largest absolute Gasteiger partial charge is 0.397 e. The summed E-state index contributed by atoms with van der Waals surface area (Å²) >= 11 is 2.22. The molecule has 13 heavy (non-hydrogen) atoms. The van der Waals surface area contributed by atoms with Crippen molar-refractivity contribution in [2.45, 2.75) is 6.92 Å². The summed E-state index contributed by atoms with van der Waals surface area (Å²) in [5.41, 5.74) is 7.77. The first-order valence-electron chi connectivity index (χ1n) is 3.77. The van der Waals surface area contributed by atoms with E-state index in [4.69, 9.17) is 11.0 Å². The van der Waals surface area contributed by atoms with Gasteiger partial charge in [0.05, 0.1) is 11.8 Å². The van der Waals surface area contributed by atoms with Crippen LogP contribution in [0.25, 0.3) is 5.70 Å². The Hall–Kier alpha value is -1.02. The lowest BCUT2D eigenvalue weighted by atomic mass is 10.1. The summed E-state index contributed by atoms with van der Waals surface area (Å²) in [7, 11) is 0. The highest BCUT2D eigenvalue weighted by Gasteiger charge is 1.99. The molecule has 0 aliphatic rings. The smallest absolute Gasteiger partial charge is 0.0965 e. The molecule has 0 radical (unpaired) electrons. The van der Waals surface area contributed by atoms with Gasteiger partial charge in [-0.25, -0.2) is 0 Å². The molecule has 0 amide bonds. The van der Waals surface area contributed by atoms with E-state index in [9.17, 15) is 0 Å². The van der Waals surface area contributed by atoms with Crippen molar-refractivity contribution in [3.05, 3.63) is 39.0 Å². The molecule has 0 unspecified atom stereocenters. The van der Waals surface area contributed by atoms with E-state index < -0.39 is 0 Å². The van der Waals surface area contributed by atoms with E-state index in [1.807, 2.05) is 30.3 Å². The third-order valence-corrected chi connectivity index (χ3v) is 2.45. The second kappa shape index (κ2) is 4.28. The van der Waals surface area contributed by atoms with Crippen molar-refractivity contribution in [2.75, 3.05) is 0 Å². The number of hydrogen-bond donors (Lipinski definition) is 1. The van der Waals surface area contributed by atoms with Gasteiger partial charge >= 0.3 is 0 Å². The van der Waals surface area contributed by atoms with Gasteiger partial charge in [-0.05, 0) is 47.2 Å². The highest BCUT2D eigenvalue weighted by Crippen LogP contribution is 2.14. The third-order valence-electron chi connectivity index (χ3n) is 1.73. The molecule has 0 saturated heterocycles. The van der Waals surface area contributed by atoms with Crippen LogP contribution in [0.2, 0.25) is 0 Å². The number of hydrogen-bond acceptors (Lipinski definition) is 2. The maximum absolute atomic E-state index is 8.63. The summed E-state index contributed by atoms with van der Waals surface area (Å²) in [6.45, 7) is 1.72. The molecule has 0 aliphatic carbocycles. The molecule has 1 aromatic carbocycles. The van der Waals surface area contributed by atoms with Gasteiger partial charge in [-0.1, -0.05) is 12.1 Å². The molecular weight excluding hydrogens is 275 g/mol. The van der Waals surface area contributed by atoms with Gasteiger partial charge < -0.3 is 5.73 Å². The number of nitrogens with two attached hydrogens (primary N) is 1. The maximum Gasteiger partial charge on any atom is 0.0965 e. The van der Waals surface area contributed by atoms with E-state index >= 15 is 0 Å². The molecule has 66 valence electrons. The minimum atomic E-state index is 0.555. The summed E-state index contributed by atoms with van der Waals surface area (Å²) in [5.74, 6) is 0. The van der Waals surface area contributed by atoms with Crippen LogP contribution in [-0.2, 0) is 0 Å². The van der Waals surface area contributed by atoms with Gasteiger partial charge in [-0.15, -0.1) is 0 Å². The van der Waals surface area contributed by atoms with Crippen molar-refractivity contribution >= 4 is 28.3 Å². The van der Waals surface area contributed by atoms with Crippen LogP contribution in [0.15, 0.2) is 29.8 Å². The Bertz CT molecular complexity index is 371. The van der Waals surface area contributed by atoms with Crippen LogP contribution >= 0.6 is 22.6 Å². The topological polar surface area (TPSA) is 49.8 Å². The average Bonchev–Trinajstić information content (AvgIpc) is 2.17. The summed E-state index contributed by atoms with van der Waals surface area (Å²) in [6.07, 6.45) is 0. The minimum Gasteiger partial charge on any atom is -0.397 e. The number of allylic oxidation sites excluding steroid dienone is 1. The monoisotopic (exact) mass is 284 g/mol. The Labute approximate surface area is 91.2 Å². The predicted molar refractivity (Wildman–Crippen MR) is 61.6 cm³/mol. The molecule has 2 nitrogen and oxygen atoms in total. The van der Waals surface area contributed by atoms with Crippen molar-refractivity contribution in [1.82, 2.24) is 0 Å². The Morgan fingerprint density at radius 1 is 1.38 bits per heavy atom.